The van der Waals surface area contributed by atoms with Crippen LogP contribution in [0.2, 0.25) is 0 Å². The average molecular weight is 288 g/mol. The molecule has 1 aliphatic carbocycles. The first-order valence-electron chi connectivity index (χ1n) is 8.11. The van der Waals surface area contributed by atoms with Gasteiger partial charge in [0.25, 0.3) is 0 Å². The van der Waals surface area contributed by atoms with Gasteiger partial charge in [0.15, 0.2) is 0 Å². The lowest BCUT2D eigenvalue weighted by atomic mass is 10.2. The van der Waals surface area contributed by atoms with Crippen molar-refractivity contribution in [2.24, 2.45) is 0 Å². The van der Waals surface area contributed by atoms with Crippen LogP contribution in [-0.4, -0.2) is 39.9 Å². The molecule has 2 fully saturated rings. The first-order valence-corrected chi connectivity index (χ1v) is 8.11. The van der Waals surface area contributed by atoms with E-state index in [2.05, 4.69) is 20.2 Å². The third-order valence-electron chi connectivity index (χ3n) is 4.45. The van der Waals surface area contributed by atoms with E-state index in [4.69, 9.17) is 0 Å². The highest BCUT2D eigenvalue weighted by Gasteiger charge is 2.26. The van der Waals surface area contributed by atoms with Gasteiger partial charge in [-0.05, 0) is 45.7 Å². The van der Waals surface area contributed by atoms with E-state index in [1.165, 1.54) is 38.5 Å². The summed E-state index contributed by atoms with van der Waals surface area (Å²) in [6.07, 6.45) is 10.8. The first-order chi connectivity index (χ1) is 10.2. The Labute approximate surface area is 126 Å². The van der Waals surface area contributed by atoms with Crippen LogP contribution in [0.15, 0.2) is 12.4 Å². The Morgan fingerprint density at radius 3 is 2.38 bits per heavy atom. The van der Waals surface area contributed by atoms with Crippen LogP contribution in [0.5, 0.6) is 0 Å². The van der Waals surface area contributed by atoms with E-state index in [1.54, 1.807) is 12.4 Å². The van der Waals surface area contributed by atoms with Gasteiger partial charge in [0.1, 0.15) is 5.82 Å². The maximum absolute atomic E-state index is 12.3. The molecule has 0 aromatic carbocycles. The minimum Gasteiger partial charge on any atom is -0.322 e. The number of anilines is 1. The predicted molar refractivity (Wildman–Crippen MR) is 82.1 cm³/mol. The van der Waals surface area contributed by atoms with Crippen LogP contribution >= 0.6 is 0 Å². The summed E-state index contributed by atoms with van der Waals surface area (Å²) >= 11 is 0. The maximum Gasteiger partial charge on any atom is 0.241 e. The van der Waals surface area contributed by atoms with E-state index in [0.717, 1.165) is 18.9 Å². The molecule has 0 spiro atoms. The molecular formula is C16H24N4O. The van der Waals surface area contributed by atoms with Crippen molar-refractivity contribution in [1.29, 1.82) is 0 Å². The molecule has 2 heterocycles. The zero-order valence-electron chi connectivity index (χ0n) is 12.7. The quantitative estimate of drug-likeness (QED) is 0.925. The second-order valence-corrected chi connectivity index (χ2v) is 6.22. The van der Waals surface area contributed by atoms with Gasteiger partial charge in [-0.25, -0.2) is 9.97 Å². The Morgan fingerprint density at radius 2 is 1.81 bits per heavy atom. The summed E-state index contributed by atoms with van der Waals surface area (Å²) in [5.74, 6) is 1.50. The van der Waals surface area contributed by atoms with E-state index >= 15 is 0 Å². The molecule has 0 radical (unpaired) electrons. The summed E-state index contributed by atoms with van der Waals surface area (Å²) in [7, 11) is 0. The highest BCUT2D eigenvalue weighted by molar-refractivity contribution is 5.94. The summed E-state index contributed by atoms with van der Waals surface area (Å²) < 4.78 is 0. The molecule has 1 atom stereocenters. The molecule has 5 heteroatoms. The molecule has 1 unspecified atom stereocenters. The van der Waals surface area contributed by atoms with Crippen molar-refractivity contribution in [3.05, 3.63) is 18.2 Å². The summed E-state index contributed by atoms with van der Waals surface area (Å²) in [4.78, 5) is 23.3. The van der Waals surface area contributed by atoms with Gasteiger partial charge in [-0.3, -0.25) is 9.69 Å². The van der Waals surface area contributed by atoms with Crippen LogP contribution in [0.4, 0.5) is 5.69 Å². The number of hydrogen-bond donors (Lipinski definition) is 1. The largest absolute Gasteiger partial charge is 0.322 e. The molecule has 1 aromatic heterocycles. The fourth-order valence-electron chi connectivity index (χ4n) is 2.85. The van der Waals surface area contributed by atoms with E-state index in [-0.39, 0.29) is 11.9 Å². The predicted octanol–water partition coefficient (Wildman–Crippen LogP) is 2.56. The molecule has 114 valence electrons. The number of hydrogen-bond acceptors (Lipinski definition) is 4. The van der Waals surface area contributed by atoms with E-state index in [9.17, 15) is 4.79 Å². The summed E-state index contributed by atoms with van der Waals surface area (Å²) in [6.45, 7) is 4.03. The van der Waals surface area contributed by atoms with Crippen molar-refractivity contribution in [3.63, 3.8) is 0 Å². The summed E-state index contributed by atoms with van der Waals surface area (Å²) in [5.41, 5.74) is 0.700. The fourth-order valence-corrected chi connectivity index (χ4v) is 2.85. The maximum atomic E-state index is 12.3. The van der Waals surface area contributed by atoms with Crippen LogP contribution in [-0.2, 0) is 4.79 Å². The van der Waals surface area contributed by atoms with E-state index in [1.807, 2.05) is 6.92 Å². The van der Waals surface area contributed by atoms with Crippen LogP contribution in [0.3, 0.4) is 0 Å². The summed E-state index contributed by atoms with van der Waals surface area (Å²) in [5, 5.41) is 2.94. The molecule has 5 nitrogen and oxygen atoms in total. The third-order valence-corrected chi connectivity index (χ3v) is 4.45. The van der Waals surface area contributed by atoms with Crippen LogP contribution < -0.4 is 5.32 Å². The number of nitrogens with one attached hydrogen (secondary N) is 1. The molecule has 1 aliphatic heterocycles. The van der Waals surface area contributed by atoms with E-state index in [0.29, 0.717) is 11.6 Å². The molecule has 1 saturated carbocycles. The van der Waals surface area contributed by atoms with Gasteiger partial charge in [0.05, 0.1) is 24.1 Å². The summed E-state index contributed by atoms with van der Waals surface area (Å²) in [6, 6.07) is -0.0915. The Morgan fingerprint density at radius 1 is 1.19 bits per heavy atom. The lowest BCUT2D eigenvalue weighted by Gasteiger charge is -2.26. The van der Waals surface area contributed by atoms with Crippen molar-refractivity contribution in [3.8, 4) is 0 Å². The van der Waals surface area contributed by atoms with Gasteiger partial charge in [-0.2, -0.15) is 0 Å². The lowest BCUT2D eigenvalue weighted by molar-refractivity contribution is -0.120. The van der Waals surface area contributed by atoms with Gasteiger partial charge in [0.2, 0.25) is 5.91 Å². The second-order valence-electron chi connectivity index (χ2n) is 6.22. The fraction of sp³-hybridized carbons (Fsp3) is 0.688. The molecule has 1 saturated heterocycles. The number of nitrogens with zero attached hydrogens (tertiary/aromatic N) is 3. The Kier molecular flexibility index (Phi) is 4.48. The van der Waals surface area contributed by atoms with Gasteiger partial charge >= 0.3 is 0 Å². The zero-order valence-corrected chi connectivity index (χ0v) is 12.7. The van der Waals surface area contributed by atoms with Gasteiger partial charge in [-0.1, -0.05) is 12.8 Å². The SMILES string of the molecule is CC(C(=O)Nc1cnc(C2CC2)nc1)N1CCCCCC1. The van der Waals surface area contributed by atoms with Gasteiger partial charge < -0.3 is 5.32 Å². The number of carbonyl (C=O) groups excluding carboxylic acids is 1. The number of aromatic nitrogens is 2. The van der Waals surface area contributed by atoms with Crippen LogP contribution in [0.25, 0.3) is 0 Å². The molecule has 3 rings (SSSR count). The lowest BCUT2D eigenvalue weighted by Crippen LogP contribution is -2.42. The minimum absolute atomic E-state index is 0.0414. The van der Waals surface area contributed by atoms with E-state index < -0.39 is 0 Å². The van der Waals surface area contributed by atoms with Crippen molar-refractivity contribution in [1.82, 2.24) is 14.9 Å². The zero-order chi connectivity index (χ0) is 14.7. The highest BCUT2D eigenvalue weighted by atomic mass is 16.2. The number of carbonyl (C=O) groups is 1. The highest BCUT2D eigenvalue weighted by Crippen LogP contribution is 2.37. The number of likely N-dealkylation sites (tertiary alicyclic amines) is 1. The molecule has 1 aromatic rings. The van der Waals surface area contributed by atoms with Gasteiger partial charge in [-0.15, -0.1) is 0 Å². The molecule has 0 bridgehead atoms. The van der Waals surface area contributed by atoms with Crippen molar-refractivity contribution < 1.29 is 4.79 Å². The normalized spacial score (nSPS) is 21.6. The molecule has 2 aliphatic rings. The first kappa shape index (κ1) is 14.4. The van der Waals surface area contributed by atoms with Crippen molar-refractivity contribution >= 4 is 11.6 Å². The molecule has 1 N–H and O–H groups in total. The molecule has 1 amide bonds. The van der Waals surface area contributed by atoms with Gasteiger partial charge in [0, 0.05) is 5.92 Å². The van der Waals surface area contributed by atoms with Crippen molar-refractivity contribution in [2.75, 3.05) is 18.4 Å². The number of rotatable bonds is 4. The smallest absolute Gasteiger partial charge is 0.241 e. The monoisotopic (exact) mass is 288 g/mol. The standard InChI is InChI=1S/C16H24N4O/c1-12(20-8-4-2-3-5-9-20)16(21)19-14-10-17-15(18-11-14)13-6-7-13/h10-13H,2-9H2,1H3,(H,19,21). The Balaban J connectivity index is 1.56. The Hall–Kier alpha value is -1.49. The second kappa shape index (κ2) is 6.52. The third kappa shape index (κ3) is 3.79. The molecule has 21 heavy (non-hydrogen) atoms. The number of amides is 1. The van der Waals surface area contributed by atoms with Crippen LogP contribution in [0, 0.1) is 0 Å². The van der Waals surface area contributed by atoms with Crippen molar-refractivity contribution in [2.45, 2.75) is 57.4 Å². The minimum atomic E-state index is -0.0915. The average Bonchev–Trinajstić information content (AvgIpc) is 3.34. The topological polar surface area (TPSA) is 58.1 Å². The molecular weight excluding hydrogens is 264 g/mol. The van der Waals surface area contributed by atoms with Crippen LogP contribution in [0.1, 0.15) is 57.2 Å². The Bertz CT molecular complexity index is 476.